The molecule has 0 saturated heterocycles. The maximum atomic E-state index is 14.3. The summed E-state index contributed by atoms with van der Waals surface area (Å²) in [6.07, 6.45) is 0. The van der Waals surface area contributed by atoms with Crippen molar-refractivity contribution in [2.24, 2.45) is 5.73 Å². The van der Waals surface area contributed by atoms with E-state index in [9.17, 15) is 18.4 Å². The number of aromatic amines is 1. The number of carbonyl (C=O) groups excluding carboxylic acids is 1. The van der Waals surface area contributed by atoms with Crippen LogP contribution in [0.4, 0.5) is 8.78 Å². The third-order valence-electron chi connectivity index (χ3n) is 4.24. The predicted molar refractivity (Wildman–Crippen MR) is 98.1 cm³/mol. The van der Waals surface area contributed by atoms with E-state index in [1.807, 2.05) is 19.1 Å². The number of hydrogen-bond donors (Lipinski definition) is 2. The van der Waals surface area contributed by atoms with Crippen LogP contribution < -0.4 is 11.4 Å². The average Bonchev–Trinajstić information content (AvgIpc) is 2.97. The van der Waals surface area contributed by atoms with Crippen molar-refractivity contribution in [1.82, 2.24) is 19.5 Å². The van der Waals surface area contributed by atoms with Gasteiger partial charge in [-0.05, 0) is 19.1 Å². The van der Waals surface area contributed by atoms with Crippen LogP contribution in [0.15, 0.2) is 47.3 Å². The third-order valence-corrected chi connectivity index (χ3v) is 4.24. The number of benzene rings is 2. The molecule has 1 amide bonds. The highest BCUT2D eigenvalue weighted by Gasteiger charge is 2.23. The SMILES string of the molecule is Cc1ccc(-c2nc(C(N)=O)c3[nH]c(=O)n(-c4c(F)cccc4F)c3n2)cc1. The highest BCUT2D eigenvalue weighted by molar-refractivity contribution is 6.02. The number of H-pyrrole nitrogens is 1. The average molecular weight is 381 g/mol. The minimum absolute atomic E-state index is 0.0887. The molecule has 28 heavy (non-hydrogen) atoms. The highest BCUT2D eigenvalue weighted by atomic mass is 19.1. The summed E-state index contributed by atoms with van der Waals surface area (Å²) in [6.45, 7) is 1.90. The third kappa shape index (κ3) is 2.73. The molecular weight excluding hydrogens is 368 g/mol. The number of fused-ring (bicyclic) bond motifs is 1. The molecular formula is C19H13F2N5O2. The fraction of sp³-hybridized carbons (Fsp3) is 0.0526. The molecule has 9 heteroatoms. The zero-order valence-corrected chi connectivity index (χ0v) is 14.5. The Morgan fingerprint density at radius 3 is 2.32 bits per heavy atom. The quantitative estimate of drug-likeness (QED) is 0.568. The minimum atomic E-state index is -0.959. The molecule has 7 nitrogen and oxygen atoms in total. The van der Waals surface area contributed by atoms with Crippen LogP contribution in [-0.4, -0.2) is 25.4 Å². The summed E-state index contributed by atoms with van der Waals surface area (Å²) >= 11 is 0. The molecule has 0 aliphatic rings. The maximum absolute atomic E-state index is 14.3. The monoisotopic (exact) mass is 381 g/mol. The second-order valence-corrected chi connectivity index (χ2v) is 6.16. The molecule has 2 heterocycles. The fourth-order valence-electron chi connectivity index (χ4n) is 2.90. The van der Waals surface area contributed by atoms with Gasteiger partial charge in [0.25, 0.3) is 5.91 Å². The van der Waals surface area contributed by atoms with Gasteiger partial charge >= 0.3 is 5.69 Å². The van der Waals surface area contributed by atoms with Gasteiger partial charge in [0.15, 0.2) is 17.2 Å². The summed E-state index contributed by atoms with van der Waals surface area (Å²) in [5, 5.41) is 0. The molecule has 4 aromatic rings. The van der Waals surface area contributed by atoms with Crippen LogP contribution in [0.3, 0.4) is 0 Å². The molecule has 140 valence electrons. The molecule has 4 rings (SSSR count). The number of rotatable bonds is 3. The Balaban J connectivity index is 2.10. The van der Waals surface area contributed by atoms with E-state index in [0.717, 1.165) is 22.3 Å². The van der Waals surface area contributed by atoms with Crippen LogP contribution in [0.1, 0.15) is 16.1 Å². The summed E-state index contributed by atoms with van der Waals surface area (Å²) in [7, 11) is 0. The van der Waals surface area contributed by atoms with Crippen molar-refractivity contribution in [3.8, 4) is 17.1 Å². The van der Waals surface area contributed by atoms with Gasteiger partial charge in [0.05, 0.1) is 0 Å². The Kier molecular flexibility index (Phi) is 3.99. The van der Waals surface area contributed by atoms with Crippen molar-refractivity contribution in [1.29, 1.82) is 0 Å². The number of carbonyl (C=O) groups is 1. The van der Waals surface area contributed by atoms with E-state index in [1.165, 1.54) is 6.07 Å². The normalized spacial score (nSPS) is 11.1. The lowest BCUT2D eigenvalue weighted by molar-refractivity contribution is 0.0997. The lowest BCUT2D eigenvalue weighted by Gasteiger charge is -2.08. The fourth-order valence-corrected chi connectivity index (χ4v) is 2.90. The summed E-state index contributed by atoms with van der Waals surface area (Å²) in [6, 6.07) is 10.3. The highest BCUT2D eigenvalue weighted by Crippen LogP contribution is 2.24. The molecule has 0 aliphatic carbocycles. The Morgan fingerprint density at radius 2 is 1.71 bits per heavy atom. The van der Waals surface area contributed by atoms with Crippen molar-refractivity contribution in [2.75, 3.05) is 0 Å². The summed E-state index contributed by atoms with van der Waals surface area (Å²) < 4.78 is 29.3. The van der Waals surface area contributed by atoms with Crippen molar-refractivity contribution >= 4 is 17.1 Å². The van der Waals surface area contributed by atoms with E-state index in [1.54, 1.807) is 12.1 Å². The molecule has 0 unspecified atom stereocenters. The van der Waals surface area contributed by atoms with Gasteiger partial charge in [-0.1, -0.05) is 35.9 Å². The first kappa shape index (κ1) is 17.5. The Morgan fingerprint density at radius 1 is 1.07 bits per heavy atom. The first-order chi connectivity index (χ1) is 13.4. The molecule has 0 saturated carbocycles. The van der Waals surface area contributed by atoms with Crippen LogP contribution in [0.2, 0.25) is 0 Å². The van der Waals surface area contributed by atoms with Gasteiger partial charge in [-0.25, -0.2) is 28.1 Å². The summed E-state index contributed by atoms with van der Waals surface area (Å²) in [5.74, 6) is -2.74. The summed E-state index contributed by atoms with van der Waals surface area (Å²) in [5.41, 5.74) is 4.94. The molecule has 0 radical (unpaired) electrons. The van der Waals surface area contributed by atoms with Crippen molar-refractivity contribution in [3.63, 3.8) is 0 Å². The number of nitrogens with one attached hydrogen (secondary N) is 1. The van der Waals surface area contributed by atoms with Crippen LogP contribution in [0.5, 0.6) is 0 Å². The number of amides is 1. The Labute approximate surface area is 156 Å². The number of imidazole rings is 1. The van der Waals surface area contributed by atoms with E-state index < -0.39 is 28.9 Å². The van der Waals surface area contributed by atoms with Gasteiger partial charge in [-0.3, -0.25) is 4.79 Å². The van der Waals surface area contributed by atoms with Crippen LogP contribution in [0, 0.1) is 18.6 Å². The lowest BCUT2D eigenvalue weighted by atomic mass is 10.1. The first-order valence-electron chi connectivity index (χ1n) is 8.21. The number of aryl methyl sites for hydroxylation is 1. The van der Waals surface area contributed by atoms with Gasteiger partial charge in [0.2, 0.25) is 0 Å². The Hall–Kier alpha value is -3.88. The van der Waals surface area contributed by atoms with E-state index in [-0.39, 0.29) is 22.7 Å². The van der Waals surface area contributed by atoms with Crippen molar-refractivity contribution in [3.05, 3.63) is 75.8 Å². The van der Waals surface area contributed by atoms with E-state index in [2.05, 4.69) is 15.0 Å². The van der Waals surface area contributed by atoms with Gasteiger partial charge in [-0.2, -0.15) is 0 Å². The molecule has 0 atom stereocenters. The number of para-hydroxylation sites is 1. The summed E-state index contributed by atoms with van der Waals surface area (Å²) in [4.78, 5) is 35.1. The largest absolute Gasteiger partial charge is 0.364 e. The zero-order chi connectivity index (χ0) is 20.0. The topological polar surface area (TPSA) is 107 Å². The molecule has 0 spiro atoms. The molecule has 0 aliphatic heterocycles. The second kappa shape index (κ2) is 6.38. The maximum Gasteiger partial charge on any atom is 0.332 e. The minimum Gasteiger partial charge on any atom is -0.364 e. The first-order valence-corrected chi connectivity index (χ1v) is 8.21. The van der Waals surface area contributed by atoms with Gasteiger partial charge in [0, 0.05) is 5.56 Å². The van der Waals surface area contributed by atoms with E-state index in [0.29, 0.717) is 5.56 Å². The van der Waals surface area contributed by atoms with Crippen LogP contribution in [0.25, 0.3) is 28.2 Å². The van der Waals surface area contributed by atoms with Crippen molar-refractivity contribution < 1.29 is 13.6 Å². The zero-order valence-electron chi connectivity index (χ0n) is 14.5. The standard InChI is InChI=1S/C19H13F2N5O2/c1-9-5-7-10(8-6-9)17-23-13(16(22)27)14-18(25-17)26(19(28)24-14)15-11(20)3-2-4-12(15)21/h2-8H,1H3,(H2,22,27)(H,24,28). The van der Waals surface area contributed by atoms with Crippen LogP contribution >= 0.6 is 0 Å². The number of aromatic nitrogens is 4. The number of nitrogens with zero attached hydrogens (tertiary/aromatic N) is 3. The predicted octanol–water partition coefficient (Wildman–Crippen LogP) is 2.46. The smallest absolute Gasteiger partial charge is 0.332 e. The second-order valence-electron chi connectivity index (χ2n) is 6.16. The molecule has 0 bridgehead atoms. The number of nitrogens with two attached hydrogens (primary N) is 1. The Bertz CT molecular complexity index is 1270. The number of hydrogen-bond acceptors (Lipinski definition) is 4. The van der Waals surface area contributed by atoms with Crippen LogP contribution in [-0.2, 0) is 0 Å². The van der Waals surface area contributed by atoms with Gasteiger partial charge in [0.1, 0.15) is 22.8 Å². The molecule has 3 N–H and O–H groups in total. The van der Waals surface area contributed by atoms with E-state index >= 15 is 0 Å². The number of halogens is 2. The molecule has 0 fully saturated rings. The lowest BCUT2D eigenvalue weighted by Crippen LogP contribution is -2.17. The number of primary amides is 1. The van der Waals surface area contributed by atoms with Crippen molar-refractivity contribution in [2.45, 2.75) is 6.92 Å². The molecule has 2 aromatic heterocycles. The van der Waals surface area contributed by atoms with Gasteiger partial charge < -0.3 is 10.7 Å². The van der Waals surface area contributed by atoms with E-state index in [4.69, 9.17) is 5.73 Å². The van der Waals surface area contributed by atoms with Gasteiger partial charge in [-0.15, -0.1) is 0 Å². The molecule has 2 aromatic carbocycles.